The SMILES string of the molecule is COc1cc(C)ccc1NCc1cccc2cccnc12. The number of pyridine rings is 1. The second-order valence-corrected chi connectivity index (χ2v) is 5.05. The van der Waals surface area contributed by atoms with Crippen LogP contribution in [0.15, 0.2) is 54.7 Å². The van der Waals surface area contributed by atoms with E-state index in [2.05, 4.69) is 47.6 Å². The lowest BCUT2D eigenvalue weighted by atomic mass is 10.1. The summed E-state index contributed by atoms with van der Waals surface area (Å²) in [4.78, 5) is 4.48. The third-order valence-electron chi connectivity index (χ3n) is 3.54. The van der Waals surface area contributed by atoms with Crippen LogP contribution in [0.3, 0.4) is 0 Å². The van der Waals surface area contributed by atoms with Gasteiger partial charge >= 0.3 is 0 Å². The van der Waals surface area contributed by atoms with Crippen molar-refractivity contribution in [2.24, 2.45) is 0 Å². The molecule has 3 heteroatoms. The number of aromatic nitrogens is 1. The zero-order chi connectivity index (χ0) is 14.7. The van der Waals surface area contributed by atoms with Crippen molar-refractivity contribution < 1.29 is 4.74 Å². The van der Waals surface area contributed by atoms with Gasteiger partial charge in [-0.05, 0) is 36.2 Å². The van der Waals surface area contributed by atoms with Gasteiger partial charge in [0.2, 0.25) is 0 Å². The van der Waals surface area contributed by atoms with Gasteiger partial charge in [0.15, 0.2) is 0 Å². The third-order valence-corrected chi connectivity index (χ3v) is 3.54. The number of hydrogen-bond donors (Lipinski definition) is 1. The van der Waals surface area contributed by atoms with Crippen LogP contribution in [0.5, 0.6) is 5.75 Å². The molecule has 0 atom stereocenters. The number of rotatable bonds is 4. The van der Waals surface area contributed by atoms with Crippen molar-refractivity contribution in [3.05, 3.63) is 65.9 Å². The lowest BCUT2D eigenvalue weighted by Crippen LogP contribution is -2.02. The molecule has 0 saturated heterocycles. The van der Waals surface area contributed by atoms with Crippen LogP contribution in [0.4, 0.5) is 5.69 Å². The normalized spacial score (nSPS) is 10.6. The Morgan fingerprint density at radius 2 is 1.95 bits per heavy atom. The molecule has 0 aliphatic carbocycles. The number of fused-ring (bicyclic) bond motifs is 1. The number of ether oxygens (including phenoxy) is 1. The van der Waals surface area contributed by atoms with E-state index in [1.165, 1.54) is 11.1 Å². The van der Waals surface area contributed by atoms with Crippen molar-refractivity contribution >= 4 is 16.6 Å². The lowest BCUT2D eigenvalue weighted by Gasteiger charge is -2.13. The standard InChI is InChI=1S/C18H18N2O/c1-13-8-9-16(17(11-13)21-2)20-12-15-6-3-5-14-7-4-10-19-18(14)15/h3-11,20H,12H2,1-2H3. The summed E-state index contributed by atoms with van der Waals surface area (Å²) in [5, 5.41) is 4.59. The van der Waals surface area contributed by atoms with Crippen LogP contribution < -0.4 is 10.1 Å². The molecule has 0 aliphatic rings. The minimum absolute atomic E-state index is 0.716. The summed E-state index contributed by atoms with van der Waals surface area (Å²) in [6.45, 7) is 2.77. The molecule has 2 aromatic carbocycles. The Bertz CT molecular complexity index is 763. The van der Waals surface area contributed by atoms with Crippen molar-refractivity contribution in [1.82, 2.24) is 4.98 Å². The molecule has 0 bridgehead atoms. The van der Waals surface area contributed by atoms with Crippen LogP contribution in [0, 0.1) is 6.92 Å². The van der Waals surface area contributed by atoms with E-state index in [9.17, 15) is 0 Å². The van der Waals surface area contributed by atoms with Gasteiger partial charge in [-0.1, -0.05) is 30.3 Å². The van der Waals surface area contributed by atoms with E-state index in [4.69, 9.17) is 4.74 Å². The Morgan fingerprint density at radius 3 is 2.81 bits per heavy atom. The summed E-state index contributed by atoms with van der Waals surface area (Å²) in [5.74, 6) is 0.864. The second-order valence-electron chi connectivity index (χ2n) is 5.05. The molecular weight excluding hydrogens is 260 g/mol. The van der Waals surface area contributed by atoms with Crippen LogP contribution >= 0.6 is 0 Å². The molecule has 0 saturated carbocycles. The average molecular weight is 278 g/mol. The fraction of sp³-hybridized carbons (Fsp3) is 0.167. The molecule has 1 aromatic heterocycles. The topological polar surface area (TPSA) is 34.1 Å². The minimum Gasteiger partial charge on any atom is -0.495 e. The monoisotopic (exact) mass is 278 g/mol. The molecule has 3 aromatic rings. The van der Waals surface area contributed by atoms with E-state index in [0.717, 1.165) is 22.3 Å². The Morgan fingerprint density at radius 1 is 1.10 bits per heavy atom. The average Bonchev–Trinajstić information content (AvgIpc) is 2.53. The van der Waals surface area contributed by atoms with Crippen LogP contribution in [0.1, 0.15) is 11.1 Å². The third kappa shape index (κ3) is 2.82. The van der Waals surface area contributed by atoms with Crippen LogP contribution in [-0.4, -0.2) is 12.1 Å². The highest BCUT2D eigenvalue weighted by atomic mass is 16.5. The number of hydrogen-bond acceptors (Lipinski definition) is 3. The van der Waals surface area contributed by atoms with Crippen molar-refractivity contribution in [2.75, 3.05) is 12.4 Å². The molecule has 0 fully saturated rings. The Kier molecular flexibility index (Phi) is 3.73. The van der Waals surface area contributed by atoms with Crippen molar-refractivity contribution in [2.45, 2.75) is 13.5 Å². The number of aryl methyl sites for hydroxylation is 1. The van der Waals surface area contributed by atoms with Crippen molar-refractivity contribution in [3.8, 4) is 5.75 Å². The maximum absolute atomic E-state index is 5.42. The van der Waals surface area contributed by atoms with E-state index in [0.29, 0.717) is 6.54 Å². The number of anilines is 1. The van der Waals surface area contributed by atoms with E-state index >= 15 is 0 Å². The van der Waals surface area contributed by atoms with E-state index in [-0.39, 0.29) is 0 Å². The van der Waals surface area contributed by atoms with E-state index in [1.807, 2.05) is 24.4 Å². The summed E-state index contributed by atoms with van der Waals surface area (Å²) in [6, 6.07) is 16.4. The smallest absolute Gasteiger partial charge is 0.142 e. The zero-order valence-corrected chi connectivity index (χ0v) is 12.3. The highest BCUT2D eigenvalue weighted by Crippen LogP contribution is 2.26. The van der Waals surface area contributed by atoms with Gasteiger partial charge in [-0.25, -0.2) is 0 Å². The molecule has 1 N–H and O–H groups in total. The molecule has 0 spiro atoms. The van der Waals surface area contributed by atoms with Gasteiger partial charge in [0.25, 0.3) is 0 Å². The van der Waals surface area contributed by atoms with Crippen molar-refractivity contribution in [3.63, 3.8) is 0 Å². The summed E-state index contributed by atoms with van der Waals surface area (Å²) >= 11 is 0. The van der Waals surface area contributed by atoms with Gasteiger partial charge in [-0.15, -0.1) is 0 Å². The van der Waals surface area contributed by atoms with Gasteiger partial charge in [0.05, 0.1) is 18.3 Å². The van der Waals surface area contributed by atoms with Crippen LogP contribution in [0.25, 0.3) is 10.9 Å². The highest BCUT2D eigenvalue weighted by molar-refractivity contribution is 5.81. The number of benzene rings is 2. The van der Waals surface area contributed by atoms with Gasteiger partial charge in [-0.3, -0.25) is 4.98 Å². The first-order valence-corrected chi connectivity index (χ1v) is 6.99. The number of para-hydroxylation sites is 1. The number of nitrogens with one attached hydrogen (secondary N) is 1. The quantitative estimate of drug-likeness (QED) is 0.778. The maximum Gasteiger partial charge on any atom is 0.142 e. The molecule has 0 amide bonds. The minimum atomic E-state index is 0.716. The number of methoxy groups -OCH3 is 1. The Balaban J connectivity index is 1.87. The molecule has 0 radical (unpaired) electrons. The lowest BCUT2D eigenvalue weighted by molar-refractivity contribution is 0.416. The number of nitrogens with zero attached hydrogens (tertiary/aromatic N) is 1. The van der Waals surface area contributed by atoms with E-state index in [1.54, 1.807) is 7.11 Å². The first kappa shape index (κ1) is 13.4. The van der Waals surface area contributed by atoms with Gasteiger partial charge in [0, 0.05) is 18.1 Å². The molecule has 1 heterocycles. The first-order chi connectivity index (χ1) is 10.3. The van der Waals surface area contributed by atoms with Gasteiger partial charge in [0.1, 0.15) is 5.75 Å². The largest absolute Gasteiger partial charge is 0.495 e. The Labute approximate surface area is 124 Å². The van der Waals surface area contributed by atoms with Gasteiger partial charge < -0.3 is 10.1 Å². The fourth-order valence-corrected chi connectivity index (χ4v) is 2.44. The van der Waals surface area contributed by atoms with E-state index < -0.39 is 0 Å². The molecule has 0 unspecified atom stereocenters. The summed E-state index contributed by atoms with van der Waals surface area (Å²) in [7, 11) is 1.69. The second kappa shape index (κ2) is 5.83. The molecular formula is C18H18N2O. The van der Waals surface area contributed by atoms with Crippen LogP contribution in [-0.2, 0) is 6.54 Å². The molecule has 106 valence electrons. The summed E-state index contributed by atoms with van der Waals surface area (Å²) in [5.41, 5.74) is 4.40. The van der Waals surface area contributed by atoms with Gasteiger partial charge in [-0.2, -0.15) is 0 Å². The van der Waals surface area contributed by atoms with Crippen molar-refractivity contribution in [1.29, 1.82) is 0 Å². The molecule has 0 aliphatic heterocycles. The predicted molar refractivity (Wildman–Crippen MR) is 86.8 cm³/mol. The fourth-order valence-electron chi connectivity index (χ4n) is 2.44. The Hall–Kier alpha value is -2.55. The first-order valence-electron chi connectivity index (χ1n) is 6.99. The predicted octanol–water partition coefficient (Wildman–Crippen LogP) is 4.16. The summed E-state index contributed by atoms with van der Waals surface area (Å²) in [6.07, 6.45) is 1.83. The van der Waals surface area contributed by atoms with Crippen LogP contribution in [0.2, 0.25) is 0 Å². The molecule has 3 nitrogen and oxygen atoms in total. The summed E-state index contributed by atoms with van der Waals surface area (Å²) < 4.78 is 5.42. The maximum atomic E-state index is 5.42. The zero-order valence-electron chi connectivity index (χ0n) is 12.3. The highest BCUT2D eigenvalue weighted by Gasteiger charge is 2.05. The molecule has 3 rings (SSSR count). The molecule has 21 heavy (non-hydrogen) atoms.